The van der Waals surface area contributed by atoms with E-state index in [1.165, 1.54) is 0 Å². The molecule has 0 unspecified atom stereocenters. The maximum Gasteiger partial charge on any atom is 0.333 e. The molecule has 66 valence electrons. The van der Waals surface area contributed by atoms with Crippen molar-refractivity contribution in [3.63, 3.8) is 0 Å². The largest absolute Gasteiger partial charge is 0.478 e. The Kier molecular flexibility index (Phi) is 2.32. The van der Waals surface area contributed by atoms with Gasteiger partial charge in [-0.05, 0) is 19.3 Å². The molecule has 0 radical (unpaired) electrons. The van der Waals surface area contributed by atoms with Crippen LogP contribution in [0.1, 0.15) is 19.3 Å². The molecule has 1 aliphatic carbocycles. The van der Waals surface area contributed by atoms with Gasteiger partial charge in [0.1, 0.15) is 0 Å². The average Bonchev–Trinajstić information content (AvgIpc) is 2.33. The van der Waals surface area contributed by atoms with E-state index in [0.717, 1.165) is 6.42 Å². The maximum atomic E-state index is 10.5. The summed E-state index contributed by atoms with van der Waals surface area (Å²) in [5.41, 5.74) is 5.58. The highest BCUT2D eigenvalue weighted by atomic mass is 16.4. The third kappa shape index (κ3) is 1.75. The van der Waals surface area contributed by atoms with Crippen molar-refractivity contribution in [2.45, 2.75) is 19.3 Å². The van der Waals surface area contributed by atoms with E-state index in [0.29, 0.717) is 18.5 Å². The Morgan fingerprint density at radius 1 is 1.42 bits per heavy atom. The zero-order valence-corrected chi connectivity index (χ0v) is 6.46. The normalized spacial score (nSPS) is 16.3. The minimum absolute atomic E-state index is 0.272. The molecule has 0 aromatic heterocycles. The second kappa shape index (κ2) is 3.25. The highest BCUT2D eigenvalue weighted by molar-refractivity contribution is 5.89. The lowest BCUT2D eigenvalue weighted by Crippen LogP contribution is -2.29. The van der Waals surface area contributed by atoms with Crippen molar-refractivity contribution in [1.29, 1.82) is 0 Å². The molecule has 0 saturated heterocycles. The predicted molar refractivity (Wildman–Crippen MR) is 41.2 cm³/mol. The summed E-state index contributed by atoms with van der Waals surface area (Å²) in [6, 6.07) is -0.703. The van der Waals surface area contributed by atoms with Gasteiger partial charge in [-0.25, -0.2) is 9.59 Å². The van der Waals surface area contributed by atoms with Crippen LogP contribution in [-0.4, -0.2) is 17.1 Å². The highest BCUT2D eigenvalue weighted by Gasteiger charge is 2.20. The van der Waals surface area contributed by atoms with Crippen molar-refractivity contribution >= 4 is 12.0 Å². The maximum absolute atomic E-state index is 10.5. The number of urea groups is 1. The molecule has 0 saturated carbocycles. The predicted octanol–water partition coefficient (Wildman–Crippen LogP) is 0.177. The summed E-state index contributed by atoms with van der Waals surface area (Å²) < 4.78 is 0. The zero-order chi connectivity index (χ0) is 9.14. The summed E-state index contributed by atoms with van der Waals surface area (Å²) in [5, 5.41) is 11.0. The number of allylic oxidation sites excluding steroid dienone is 1. The van der Waals surface area contributed by atoms with Crippen molar-refractivity contribution in [3.05, 3.63) is 11.3 Å². The zero-order valence-electron chi connectivity index (χ0n) is 6.46. The average molecular weight is 170 g/mol. The lowest BCUT2D eigenvalue weighted by molar-refractivity contribution is -0.132. The van der Waals surface area contributed by atoms with Crippen molar-refractivity contribution < 1.29 is 14.7 Å². The number of primary amides is 1. The van der Waals surface area contributed by atoms with E-state index in [1.54, 1.807) is 0 Å². The number of hydrogen-bond acceptors (Lipinski definition) is 2. The number of nitrogens with two attached hydrogens (primary N) is 1. The number of carbonyl (C=O) groups is 2. The van der Waals surface area contributed by atoms with Crippen LogP contribution in [-0.2, 0) is 4.79 Å². The van der Waals surface area contributed by atoms with E-state index < -0.39 is 12.0 Å². The first-order valence-corrected chi connectivity index (χ1v) is 3.63. The first-order chi connectivity index (χ1) is 5.61. The van der Waals surface area contributed by atoms with Crippen LogP contribution in [0.5, 0.6) is 0 Å². The van der Waals surface area contributed by atoms with Crippen molar-refractivity contribution in [2.75, 3.05) is 0 Å². The second-order valence-corrected chi connectivity index (χ2v) is 2.61. The molecule has 0 heterocycles. The first-order valence-electron chi connectivity index (χ1n) is 3.63. The molecule has 5 nitrogen and oxygen atoms in total. The fraction of sp³-hybridized carbons (Fsp3) is 0.429. The number of aliphatic carboxylic acids is 1. The molecule has 0 spiro atoms. The number of rotatable bonds is 2. The molecule has 0 atom stereocenters. The molecule has 4 N–H and O–H groups in total. The second-order valence-electron chi connectivity index (χ2n) is 2.61. The van der Waals surface area contributed by atoms with Crippen LogP contribution in [0.2, 0.25) is 0 Å². The molecule has 0 aromatic rings. The van der Waals surface area contributed by atoms with Gasteiger partial charge in [0.25, 0.3) is 0 Å². The lowest BCUT2D eigenvalue weighted by Gasteiger charge is -2.02. The molecule has 0 bridgehead atoms. The minimum atomic E-state index is -0.976. The summed E-state index contributed by atoms with van der Waals surface area (Å²) in [6.07, 6.45) is 1.85. The summed E-state index contributed by atoms with van der Waals surface area (Å²) in [5.74, 6) is -0.976. The molecule has 1 aliphatic rings. The van der Waals surface area contributed by atoms with Crippen LogP contribution in [0.3, 0.4) is 0 Å². The van der Waals surface area contributed by atoms with Crippen LogP contribution < -0.4 is 11.1 Å². The van der Waals surface area contributed by atoms with Gasteiger partial charge in [0.05, 0.1) is 5.57 Å². The summed E-state index contributed by atoms with van der Waals surface area (Å²) >= 11 is 0. The van der Waals surface area contributed by atoms with E-state index in [1.807, 2.05) is 0 Å². The van der Waals surface area contributed by atoms with Crippen molar-refractivity contribution in [2.24, 2.45) is 5.73 Å². The van der Waals surface area contributed by atoms with E-state index in [-0.39, 0.29) is 5.57 Å². The van der Waals surface area contributed by atoms with Gasteiger partial charge in [-0.1, -0.05) is 0 Å². The monoisotopic (exact) mass is 170 g/mol. The van der Waals surface area contributed by atoms with Gasteiger partial charge in [-0.2, -0.15) is 0 Å². The van der Waals surface area contributed by atoms with Crippen molar-refractivity contribution in [1.82, 2.24) is 5.32 Å². The number of carboxylic acid groups (broad SMARTS) is 1. The van der Waals surface area contributed by atoms with Crippen LogP contribution in [0.15, 0.2) is 11.3 Å². The van der Waals surface area contributed by atoms with Crippen LogP contribution in [0.25, 0.3) is 0 Å². The van der Waals surface area contributed by atoms with Crippen LogP contribution in [0.4, 0.5) is 4.79 Å². The fourth-order valence-corrected chi connectivity index (χ4v) is 1.27. The summed E-state index contributed by atoms with van der Waals surface area (Å²) in [6.45, 7) is 0. The Morgan fingerprint density at radius 3 is 2.58 bits per heavy atom. The number of nitrogens with one attached hydrogen (secondary N) is 1. The Balaban J connectivity index is 2.76. The van der Waals surface area contributed by atoms with Gasteiger partial charge in [0.15, 0.2) is 0 Å². The number of amides is 2. The molecule has 1 rings (SSSR count). The Bertz CT molecular complexity index is 257. The van der Waals surface area contributed by atoms with E-state index in [4.69, 9.17) is 10.8 Å². The molecular formula is C7H10N2O3. The number of hydrogen-bond donors (Lipinski definition) is 3. The quantitative estimate of drug-likeness (QED) is 0.551. The Labute approximate surface area is 69.2 Å². The molecule has 2 amide bonds. The van der Waals surface area contributed by atoms with Crippen molar-refractivity contribution in [3.8, 4) is 0 Å². The fourth-order valence-electron chi connectivity index (χ4n) is 1.27. The Morgan fingerprint density at radius 2 is 2.08 bits per heavy atom. The Hall–Kier alpha value is -1.52. The summed E-state index contributed by atoms with van der Waals surface area (Å²) in [4.78, 5) is 21.0. The van der Waals surface area contributed by atoms with E-state index in [9.17, 15) is 9.59 Å². The third-order valence-electron chi connectivity index (χ3n) is 1.75. The molecule has 12 heavy (non-hydrogen) atoms. The third-order valence-corrected chi connectivity index (χ3v) is 1.75. The number of carbonyl (C=O) groups excluding carboxylic acids is 1. The molecule has 0 aromatic carbocycles. The highest BCUT2D eigenvalue weighted by Crippen LogP contribution is 2.23. The van der Waals surface area contributed by atoms with E-state index >= 15 is 0 Å². The lowest BCUT2D eigenvalue weighted by atomic mass is 10.2. The number of carboxylic acids is 1. The van der Waals surface area contributed by atoms with Crippen LogP contribution in [0, 0.1) is 0 Å². The van der Waals surface area contributed by atoms with Gasteiger partial charge in [-0.15, -0.1) is 0 Å². The van der Waals surface area contributed by atoms with Gasteiger partial charge in [0.2, 0.25) is 0 Å². The standard InChI is InChI=1S/C7H10N2O3/c8-7(12)9-5-3-1-2-4(5)6(10)11/h1-3H2,(H,10,11)(H3,8,9,12). The molecule has 5 heteroatoms. The van der Waals surface area contributed by atoms with Gasteiger partial charge >= 0.3 is 12.0 Å². The first kappa shape index (κ1) is 8.58. The van der Waals surface area contributed by atoms with E-state index in [2.05, 4.69) is 5.32 Å². The summed E-state index contributed by atoms with van der Waals surface area (Å²) in [7, 11) is 0. The molecule has 0 aliphatic heterocycles. The van der Waals surface area contributed by atoms with Gasteiger partial charge in [-0.3, -0.25) is 0 Å². The van der Waals surface area contributed by atoms with Crippen LogP contribution >= 0.6 is 0 Å². The van der Waals surface area contributed by atoms with Gasteiger partial charge < -0.3 is 16.2 Å². The van der Waals surface area contributed by atoms with Gasteiger partial charge in [0, 0.05) is 5.70 Å². The SMILES string of the molecule is NC(=O)NC1=C(C(=O)O)CCC1. The molecular weight excluding hydrogens is 160 g/mol. The molecule has 0 fully saturated rings. The smallest absolute Gasteiger partial charge is 0.333 e. The topological polar surface area (TPSA) is 92.4 Å². The minimum Gasteiger partial charge on any atom is -0.478 e.